The van der Waals surface area contributed by atoms with Crippen LogP contribution in [-0.2, 0) is 11.2 Å². The zero-order valence-electron chi connectivity index (χ0n) is 9.66. The maximum absolute atomic E-state index is 11.0. The van der Waals surface area contributed by atoms with Crippen molar-refractivity contribution in [1.82, 2.24) is 15.3 Å². The van der Waals surface area contributed by atoms with Crippen molar-refractivity contribution in [3.05, 3.63) is 17.0 Å². The van der Waals surface area contributed by atoms with E-state index in [4.69, 9.17) is 11.6 Å². The monoisotopic (exact) mass is 254 g/mol. The average molecular weight is 255 g/mol. The number of hydrogen-bond acceptors (Lipinski definition) is 4. The first-order valence-corrected chi connectivity index (χ1v) is 6.12. The number of carbonyl (C=O) groups is 1. The highest BCUT2D eigenvalue weighted by Gasteiger charge is 2.20. The molecule has 1 aromatic rings. The molecule has 92 valence electrons. The lowest BCUT2D eigenvalue weighted by atomic mass is 10.2. The van der Waals surface area contributed by atoms with E-state index in [1.165, 1.54) is 0 Å². The van der Waals surface area contributed by atoms with Gasteiger partial charge in [0.05, 0.1) is 0 Å². The van der Waals surface area contributed by atoms with Gasteiger partial charge in [-0.05, 0) is 6.42 Å². The van der Waals surface area contributed by atoms with Crippen molar-refractivity contribution in [1.29, 1.82) is 0 Å². The number of aromatic nitrogens is 2. The van der Waals surface area contributed by atoms with E-state index in [1.807, 2.05) is 6.92 Å². The molecule has 5 nitrogen and oxygen atoms in total. The maximum atomic E-state index is 11.0. The van der Waals surface area contributed by atoms with E-state index in [2.05, 4.69) is 20.6 Å². The van der Waals surface area contributed by atoms with Gasteiger partial charge in [-0.25, -0.2) is 9.97 Å². The first-order valence-electron chi connectivity index (χ1n) is 5.74. The van der Waals surface area contributed by atoms with Crippen LogP contribution in [0.4, 0.5) is 5.82 Å². The number of aryl methyl sites for hydroxylation is 1. The predicted molar refractivity (Wildman–Crippen MR) is 66.1 cm³/mol. The minimum Gasteiger partial charge on any atom is -0.368 e. The number of carbonyl (C=O) groups excluding carboxylic acids is 1. The summed E-state index contributed by atoms with van der Waals surface area (Å²) in [6.07, 6.45) is 2.22. The molecule has 0 saturated carbocycles. The maximum Gasteiger partial charge on any atom is 0.220 e. The smallest absolute Gasteiger partial charge is 0.220 e. The minimum atomic E-state index is 0.117. The van der Waals surface area contributed by atoms with Gasteiger partial charge >= 0.3 is 0 Å². The van der Waals surface area contributed by atoms with Crippen LogP contribution in [0.15, 0.2) is 6.07 Å². The Balaban J connectivity index is 1.94. The second-order valence-corrected chi connectivity index (χ2v) is 4.42. The zero-order chi connectivity index (χ0) is 12.3. The van der Waals surface area contributed by atoms with E-state index in [-0.39, 0.29) is 11.9 Å². The van der Waals surface area contributed by atoms with E-state index in [9.17, 15) is 4.79 Å². The number of halogens is 1. The summed E-state index contributed by atoms with van der Waals surface area (Å²) in [6, 6.07) is 1.87. The molecule has 1 fully saturated rings. The largest absolute Gasteiger partial charge is 0.368 e. The van der Waals surface area contributed by atoms with Crippen molar-refractivity contribution in [2.75, 3.05) is 11.9 Å². The van der Waals surface area contributed by atoms with Gasteiger partial charge in [0.1, 0.15) is 16.8 Å². The van der Waals surface area contributed by atoms with Crippen LogP contribution < -0.4 is 10.6 Å². The molecule has 2 heterocycles. The second-order valence-electron chi connectivity index (χ2n) is 4.03. The van der Waals surface area contributed by atoms with Crippen LogP contribution in [0.5, 0.6) is 0 Å². The molecule has 1 atom stereocenters. The Morgan fingerprint density at radius 2 is 2.41 bits per heavy atom. The predicted octanol–water partition coefficient (Wildman–Crippen LogP) is 1.38. The summed E-state index contributed by atoms with van der Waals surface area (Å²) >= 11 is 5.89. The summed E-state index contributed by atoms with van der Waals surface area (Å²) in [5.74, 6) is 1.55. The molecule has 1 amide bonds. The van der Waals surface area contributed by atoms with E-state index in [1.54, 1.807) is 6.07 Å². The first kappa shape index (κ1) is 12.1. The van der Waals surface area contributed by atoms with E-state index in [0.29, 0.717) is 23.9 Å². The molecule has 6 heteroatoms. The molecule has 0 radical (unpaired) electrons. The number of nitrogens with zero attached hydrogens (tertiary/aromatic N) is 2. The molecule has 2 rings (SSSR count). The van der Waals surface area contributed by atoms with Gasteiger partial charge in [0.2, 0.25) is 5.91 Å². The fourth-order valence-corrected chi connectivity index (χ4v) is 1.97. The molecule has 0 bridgehead atoms. The van der Waals surface area contributed by atoms with E-state index >= 15 is 0 Å². The number of amides is 1. The molecule has 0 aliphatic carbocycles. The molecule has 1 saturated heterocycles. The normalized spacial score (nSPS) is 19.2. The topological polar surface area (TPSA) is 66.9 Å². The Morgan fingerprint density at radius 3 is 3.06 bits per heavy atom. The Labute approximate surface area is 105 Å². The van der Waals surface area contributed by atoms with E-state index in [0.717, 1.165) is 18.7 Å². The van der Waals surface area contributed by atoms with Crippen molar-refractivity contribution < 1.29 is 4.79 Å². The van der Waals surface area contributed by atoms with Crippen molar-refractivity contribution in [2.24, 2.45) is 0 Å². The summed E-state index contributed by atoms with van der Waals surface area (Å²) in [5, 5.41) is 6.50. The Morgan fingerprint density at radius 1 is 1.59 bits per heavy atom. The number of anilines is 1. The standard InChI is InChI=1S/C11H15ClN4O/c1-2-9-15-8(12)5-10(16-9)13-6-7-3-4-11(17)14-7/h5,7H,2-4,6H2,1H3,(H,14,17)(H,13,15,16). The van der Waals surface area contributed by atoms with Crippen LogP contribution in [0, 0.1) is 0 Å². The van der Waals surface area contributed by atoms with E-state index < -0.39 is 0 Å². The molecule has 1 unspecified atom stereocenters. The Kier molecular flexibility index (Phi) is 3.78. The number of nitrogens with one attached hydrogen (secondary N) is 2. The molecular weight excluding hydrogens is 240 g/mol. The van der Waals surface area contributed by atoms with Gasteiger partial charge < -0.3 is 10.6 Å². The number of hydrogen-bond donors (Lipinski definition) is 2. The lowest BCUT2D eigenvalue weighted by Gasteiger charge is -2.12. The van der Waals surface area contributed by atoms with Gasteiger partial charge in [-0.3, -0.25) is 4.79 Å². The lowest BCUT2D eigenvalue weighted by Crippen LogP contribution is -2.32. The van der Waals surface area contributed by atoms with Gasteiger partial charge in [0.25, 0.3) is 0 Å². The molecule has 0 aromatic carbocycles. The van der Waals surface area contributed by atoms with Crippen molar-refractivity contribution in [3.8, 4) is 0 Å². The van der Waals surface area contributed by atoms with Crippen LogP contribution in [0.2, 0.25) is 5.15 Å². The van der Waals surface area contributed by atoms with Crippen LogP contribution in [0.25, 0.3) is 0 Å². The molecule has 1 aromatic heterocycles. The van der Waals surface area contributed by atoms with Crippen LogP contribution in [0.1, 0.15) is 25.6 Å². The third-order valence-electron chi connectivity index (χ3n) is 2.67. The molecular formula is C11H15ClN4O. The number of rotatable bonds is 4. The summed E-state index contributed by atoms with van der Waals surface area (Å²) < 4.78 is 0. The van der Waals surface area contributed by atoms with Crippen LogP contribution >= 0.6 is 11.6 Å². The van der Waals surface area contributed by atoms with Crippen molar-refractivity contribution in [3.63, 3.8) is 0 Å². The fourth-order valence-electron chi connectivity index (χ4n) is 1.77. The Hall–Kier alpha value is -1.36. The SMILES string of the molecule is CCc1nc(Cl)cc(NCC2CCC(=O)N2)n1. The molecule has 17 heavy (non-hydrogen) atoms. The highest BCUT2D eigenvalue weighted by atomic mass is 35.5. The van der Waals surface area contributed by atoms with Crippen molar-refractivity contribution in [2.45, 2.75) is 32.2 Å². The summed E-state index contributed by atoms with van der Waals surface area (Å²) in [7, 11) is 0. The second kappa shape index (κ2) is 5.31. The van der Waals surface area contributed by atoms with Gasteiger partial charge in [-0.15, -0.1) is 0 Å². The highest BCUT2D eigenvalue weighted by molar-refractivity contribution is 6.29. The fraction of sp³-hybridized carbons (Fsp3) is 0.545. The molecule has 0 spiro atoms. The lowest BCUT2D eigenvalue weighted by molar-refractivity contribution is -0.119. The molecule has 1 aliphatic heterocycles. The molecule has 2 N–H and O–H groups in total. The molecule has 1 aliphatic rings. The summed E-state index contributed by atoms with van der Waals surface area (Å²) in [4.78, 5) is 19.4. The Bertz CT molecular complexity index is 424. The third-order valence-corrected chi connectivity index (χ3v) is 2.87. The quantitative estimate of drug-likeness (QED) is 0.797. The van der Waals surface area contributed by atoms with Crippen LogP contribution in [0.3, 0.4) is 0 Å². The van der Waals surface area contributed by atoms with Gasteiger partial charge in [0.15, 0.2) is 0 Å². The van der Waals surface area contributed by atoms with Gasteiger partial charge in [0, 0.05) is 31.5 Å². The van der Waals surface area contributed by atoms with Crippen molar-refractivity contribution >= 4 is 23.3 Å². The average Bonchev–Trinajstić information content (AvgIpc) is 2.72. The summed E-state index contributed by atoms with van der Waals surface area (Å²) in [6.45, 7) is 2.65. The summed E-state index contributed by atoms with van der Waals surface area (Å²) in [5.41, 5.74) is 0. The van der Waals surface area contributed by atoms with Gasteiger partial charge in [-0.1, -0.05) is 18.5 Å². The third kappa shape index (κ3) is 3.30. The first-order chi connectivity index (χ1) is 8.17. The highest BCUT2D eigenvalue weighted by Crippen LogP contribution is 2.13. The van der Waals surface area contributed by atoms with Gasteiger partial charge in [-0.2, -0.15) is 0 Å². The zero-order valence-corrected chi connectivity index (χ0v) is 10.4. The minimum absolute atomic E-state index is 0.117. The van der Waals surface area contributed by atoms with Crippen LogP contribution in [-0.4, -0.2) is 28.5 Å².